The predicted octanol–water partition coefficient (Wildman–Crippen LogP) is 3.85. The number of para-hydroxylation sites is 1. The van der Waals surface area contributed by atoms with Gasteiger partial charge < -0.3 is 20.2 Å². The predicted molar refractivity (Wildman–Crippen MR) is 138 cm³/mol. The first-order valence-electron chi connectivity index (χ1n) is 10.9. The molecule has 0 unspecified atom stereocenters. The SMILES string of the molecule is CN(C)CCNC(=O)c1cccc(CN(C(=O)O)c2ccc(N(CCCl)CCCl)cc2)c1[N+](=O)[O-]. The lowest BCUT2D eigenvalue weighted by Crippen LogP contribution is -2.32. The Balaban J connectivity index is 2.34. The van der Waals surface area contributed by atoms with Crippen LogP contribution in [0.1, 0.15) is 15.9 Å². The van der Waals surface area contributed by atoms with E-state index in [0.29, 0.717) is 43.6 Å². The third-order valence-electron chi connectivity index (χ3n) is 5.19. The summed E-state index contributed by atoms with van der Waals surface area (Å²) in [7, 11) is 3.69. The summed E-state index contributed by atoms with van der Waals surface area (Å²) >= 11 is 11.7. The molecule has 0 radical (unpaired) electrons. The minimum Gasteiger partial charge on any atom is -0.465 e. The largest absolute Gasteiger partial charge is 0.465 e. The molecule has 0 aliphatic carbocycles. The fourth-order valence-corrected chi connectivity index (χ4v) is 3.87. The molecule has 0 bridgehead atoms. The number of nitro groups is 1. The normalized spacial score (nSPS) is 10.8. The van der Waals surface area contributed by atoms with Crippen LogP contribution in [0.3, 0.4) is 0 Å². The number of benzene rings is 2. The summed E-state index contributed by atoms with van der Waals surface area (Å²) < 4.78 is 0. The highest BCUT2D eigenvalue weighted by Gasteiger charge is 2.27. The molecule has 0 aromatic heterocycles. The van der Waals surface area contributed by atoms with Crippen LogP contribution >= 0.6 is 23.2 Å². The van der Waals surface area contributed by atoms with Gasteiger partial charge >= 0.3 is 6.09 Å². The van der Waals surface area contributed by atoms with Crippen molar-refractivity contribution in [3.63, 3.8) is 0 Å². The molecule has 0 saturated carbocycles. The lowest BCUT2D eigenvalue weighted by molar-refractivity contribution is -0.385. The first kappa shape index (κ1) is 28.2. The van der Waals surface area contributed by atoms with Gasteiger partial charge in [-0.25, -0.2) is 4.79 Å². The van der Waals surface area contributed by atoms with Gasteiger partial charge in [-0.05, 0) is 44.4 Å². The van der Waals surface area contributed by atoms with Crippen molar-refractivity contribution in [3.8, 4) is 0 Å². The number of nitro benzene ring substituents is 1. The summed E-state index contributed by atoms with van der Waals surface area (Å²) in [5, 5.41) is 24.4. The number of carbonyl (C=O) groups is 2. The number of carboxylic acid groups (broad SMARTS) is 1. The first-order valence-corrected chi connectivity index (χ1v) is 11.9. The van der Waals surface area contributed by atoms with Crippen LogP contribution in [0.4, 0.5) is 21.9 Å². The molecule has 12 heteroatoms. The molecule has 0 heterocycles. The standard InChI is InChI=1S/C23H29Cl2N5O5/c1-27(2)15-12-26-22(31)20-5-3-4-17(21(20)30(34)35)16-29(23(32)33)19-8-6-18(7-9-19)28(13-10-24)14-11-25/h3-9H,10-16H2,1-2H3,(H,26,31)(H,32,33). The van der Waals surface area contributed by atoms with Crippen molar-refractivity contribution in [3.05, 3.63) is 63.7 Å². The number of anilines is 2. The monoisotopic (exact) mass is 525 g/mol. The molecule has 0 spiro atoms. The molecule has 2 aromatic carbocycles. The van der Waals surface area contributed by atoms with E-state index < -0.39 is 22.6 Å². The molecule has 0 atom stereocenters. The number of nitrogens with zero attached hydrogens (tertiary/aromatic N) is 4. The zero-order chi connectivity index (χ0) is 26.0. The molecule has 0 saturated heterocycles. The average molecular weight is 526 g/mol. The van der Waals surface area contributed by atoms with E-state index in [0.717, 1.165) is 10.6 Å². The number of rotatable bonds is 13. The van der Waals surface area contributed by atoms with Gasteiger partial charge in [-0.3, -0.25) is 19.8 Å². The van der Waals surface area contributed by atoms with E-state index in [1.165, 1.54) is 18.2 Å². The topological polar surface area (TPSA) is 119 Å². The van der Waals surface area contributed by atoms with E-state index in [4.69, 9.17) is 23.2 Å². The van der Waals surface area contributed by atoms with Gasteiger partial charge in [0.05, 0.1) is 17.0 Å². The van der Waals surface area contributed by atoms with E-state index in [9.17, 15) is 24.8 Å². The molecule has 0 aliphatic rings. The van der Waals surface area contributed by atoms with Crippen molar-refractivity contribution in [2.45, 2.75) is 6.54 Å². The minimum absolute atomic E-state index is 0.104. The molecule has 35 heavy (non-hydrogen) atoms. The number of hydrogen-bond donors (Lipinski definition) is 2. The molecule has 2 amide bonds. The van der Waals surface area contributed by atoms with Gasteiger partial charge in [-0.2, -0.15) is 0 Å². The van der Waals surface area contributed by atoms with Gasteiger partial charge in [0.1, 0.15) is 5.56 Å². The lowest BCUT2D eigenvalue weighted by atomic mass is 10.1. The van der Waals surface area contributed by atoms with Gasteiger partial charge in [-0.15, -0.1) is 23.2 Å². The highest BCUT2D eigenvalue weighted by atomic mass is 35.5. The van der Waals surface area contributed by atoms with E-state index in [1.54, 1.807) is 24.3 Å². The molecular formula is C23H29Cl2N5O5. The van der Waals surface area contributed by atoms with Crippen molar-refractivity contribution < 1.29 is 19.6 Å². The maximum absolute atomic E-state index is 12.6. The lowest BCUT2D eigenvalue weighted by Gasteiger charge is -2.24. The Morgan fingerprint density at radius 1 is 1.00 bits per heavy atom. The maximum atomic E-state index is 12.6. The van der Waals surface area contributed by atoms with Gasteiger partial charge in [0.15, 0.2) is 0 Å². The molecule has 10 nitrogen and oxygen atoms in total. The fraction of sp³-hybridized carbons (Fsp3) is 0.391. The molecular weight excluding hydrogens is 497 g/mol. The Labute approximate surface area is 214 Å². The van der Waals surface area contributed by atoms with Crippen LogP contribution in [0.25, 0.3) is 0 Å². The van der Waals surface area contributed by atoms with Crippen molar-refractivity contribution in [2.75, 3.05) is 61.8 Å². The summed E-state index contributed by atoms with van der Waals surface area (Å²) in [6.45, 7) is 1.72. The minimum atomic E-state index is -1.29. The van der Waals surface area contributed by atoms with E-state index in [-0.39, 0.29) is 17.7 Å². The Morgan fingerprint density at radius 3 is 2.11 bits per heavy atom. The van der Waals surface area contributed by atoms with Gasteiger partial charge in [0.25, 0.3) is 11.6 Å². The van der Waals surface area contributed by atoms with Crippen LogP contribution in [0.2, 0.25) is 0 Å². The molecule has 2 aromatic rings. The summed E-state index contributed by atoms with van der Waals surface area (Å²) in [5.74, 6) is 0.218. The highest BCUT2D eigenvalue weighted by molar-refractivity contribution is 6.18. The van der Waals surface area contributed by atoms with E-state index in [2.05, 4.69) is 5.32 Å². The number of likely N-dealkylation sites (N-methyl/N-ethyl adjacent to an activating group) is 1. The Hall–Kier alpha value is -3.08. The Bertz CT molecular complexity index is 1010. The summed E-state index contributed by atoms with van der Waals surface area (Å²) in [6, 6.07) is 11.0. The van der Waals surface area contributed by atoms with Crippen LogP contribution in [-0.2, 0) is 6.54 Å². The molecule has 190 valence electrons. The van der Waals surface area contributed by atoms with Crippen LogP contribution < -0.4 is 15.1 Å². The maximum Gasteiger partial charge on any atom is 0.412 e. The van der Waals surface area contributed by atoms with E-state index in [1.807, 2.05) is 23.9 Å². The van der Waals surface area contributed by atoms with Crippen LogP contribution in [0, 0.1) is 10.1 Å². The Kier molecular flexibility index (Phi) is 11.0. The van der Waals surface area contributed by atoms with Crippen molar-refractivity contribution in [1.29, 1.82) is 0 Å². The number of alkyl halides is 2. The number of nitrogens with one attached hydrogen (secondary N) is 1. The van der Waals surface area contributed by atoms with Crippen molar-refractivity contribution in [1.82, 2.24) is 10.2 Å². The quantitative estimate of drug-likeness (QED) is 0.231. The summed E-state index contributed by atoms with van der Waals surface area (Å²) in [4.78, 5) is 40.7. The second-order valence-electron chi connectivity index (χ2n) is 7.88. The third-order valence-corrected chi connectivity index (χ3v) is 5.52. The molecule has 2 rings (SSSR count). The number of halogens is 2. The fourth-order valence-electron chi connectivity index (χ4n) is 3.46. The van der Waals surface area contributed by atoms with E-state index >= 15 is 0 Å². The smallest absolute Gasteiger partial charge is 0.412 e. The zero-order valence-corrected chi connectivity index (χ0v) is 21.1. The van der Waals surface area contributed by atoms with Crippen molar-refractivity contribution in [2.24, 2.45) is 0 Å². The summed E-state index contributed by atoms with van der Waals surface area (Å²) in [6.07, 6.45) is -1.29. The second kappa shape index (κ2) is 13.7. The number of carbonyl (C=O) groups excluding carboxylic acids is 1. The van der Waals surface area contributed by atoms with Gasteiger partial charge in [-0.1, -0.05) is 12.1 Å². The third kappa shape index (κ3) is 7.98. The van der Waals surface area contributed by atoms with Crippen LogP contribution in [0.5, 0.6) is 0 Å². The second-order valence-corrected chi connectivity index (χ2v) is 8.64. The summed E-state index contributed by atoms with van der Waals surface area (Å²) in [5.41, 5.74) is 0.710. The Morgan fingerprint density at radius 2 is 1.60 bits per heavy atom. The molecule has 0 fully saturated rings. The zero-order valence-electron chi connectivity index (χ0n) is 19.6. The average Bonchev–Trinajstić information content (AvgIpc) is 2.81. The molecule has 0 aliphatic heterocycles. The first-order chi connectivity index (χ1) is 16.7. The van der Waals surface area contributed by atoms with Crippen LogP contribution in [0.15, 0.2) is 42.5 Å². The number of amides is 2. The highest BCUT2D eigenvalue weighted by Crippen LogP contribution is 2.28. The number of hydrogen-bond acceptors (Lipinski definition) is 6. The van der Waals surface area contributed by atoms with Gasteiger partial charge in [0, 0.05) is 49.3 Å². The van der Waals surface area contributed by atoms with Gasteiger partial charge in [0.2, 0.25) is 0 Å². The molecule has 2 N–H and O–H groups in total. The van der Waals surface area contributed by atoms with Crippen LogP contribution in [-0.4, -0.2) is 79.0 Å². The van der Waals surface area contributed by atoms with Crippen molar-refractivity contribution >= 4 is 52.3 Å².